The standard InChI is InChI=1S/C19H23N3O3/c1-25-16-9-7-14(8-10-16)17-11-19(24)22(13-20-17)12-18(23)21-15-5-3-2-4-6-15/h7-11,13,15H,2-6,12H2,1H3,(H,21,23). The second-order valence-corrected chi connectivity index (χ2v) is 6.37. The predicted octanol–water partition coefficient (Wildman–Crippen LogP) is 2.37. The van der Waals surface area contributed by atoms with Crippen LogP contribution in [0.4, 0.5) is 0 Å². The first kappa shape index (κ1) is 17.2. The average Bonchev–Trinajstić information content (AvgIpc) is 2.64. The van der Waals surface area contributed by atoms with Crippen LogP contribution in [0.15, 0.2) is 41.5 Å². The Kier molecular flexibility index (Phi) is 5.48. The topological polar surface area (TPSA) is 73.2 Å². The van der Waals surface area contributed by atoms with Gasteiger partial charge in [-0.05, 0) is 37.1 Å². The summed E-state index contributed by atoms with van der Waals surface area (Å²) >= 11 is 0. The van der Waals surface area contributed by atoms with Crippen LogP contribution in [0.25, 0.3) is 11.3 Å². The Bertz CT molecular complexity index is 777. The van der Waals surface area contributed by atoms with Crippen LogP contribution in [-0.4, -0.2) is 28.6 Å². The molecule has 6 heteroatoms. The van der Waals surface area contributed by atoms with Crippen molar-refractivity contribution in [3.05, 3.63) is 47.0 Å². The van der Waals surface area contributed by atoms with Crippen molar-refractivity contribution < 1.29 is 9.53 Å². The van der Waals surface area contributed by atoms with E-state index in [0.717, 1.165) is 37.0 Å². The molecule has 3 rings (SSSR count). The molecule has 0 saturated heterocycles. The maximum Gasteiger partial charge on any atom is 0.254 e. The highest BCUT2D eigenvalue weighted by Crippen LogP contribution is 2.19. The molecule has 1 N–H and O–H groups in total. The highest BCUT2D eigenvalue weighted by molar-refractivity contribution is 5.76. The number of benzene rings is 1. The van der Waals surface area contributed by atoms with Crippen molar-refractivity contribution in [3.63, 3.8) is 0 Å². The minimum Gasteiger partial charge on any atom is -0.497 e. The zero-order valence-electron chi connectivity index (χ0n) is 14.4. The summed E-state index contributed by atoms with van der Waals surface area (Å²) in [6, 6.07) is 9.03. The van der Waals surface area contributed by atoms with Gasteiger partial charge in [0.2, 0.25) is 5.91 Å². The number of nitrogens with zero attached hydrogens (tertiary/aromatic N) is 2. The van der Waals surface area contributed by atoms with Crippen LogP contribution in [-0.2, 0) is 11.3 Å². The first-order valence-electron chi connectivity index (χ1n) is 8.66. The zero-order valence-corrected chi connectivity index (χ0v) is 14.4. The molecule has 2 aromatic rings. The van der Waals surface area contributed by atoms with Gasteiger partial charge < -0.3 is 10.1 Å². The predicted molar refractivity (Wildman–Crippen MR) is 95.5 cm³/mol. The van der Waals surface area contributed by atoms with Crippen molar-refractivity contribution in [2.45, 2.75) is 44.7 Å². The lowest BCUT2D eigenvalue weighted by Crippen LogP contribution is -2.39. The fourth-order valence-electron chi connectivity index (χ4n) is 3.14. The molecule has 1 saturated carbocycles. The number of rotatable bonds is 5. The Morgan fingerprint density at radius 2 is 1.96 bits per heavy atom. The van der Waals surface area contributed by atoms with Crippen molar-refractivity contribution in [2.24, 2.45) is 0 Å². The first-order chi connectivity index (χ1) is 12.2. The van der Waals surface area contributed by atoms with E-state index in [4.69, 9.17) is 4.74 Å². The lowest BCUT2D eigenvalue weighted by atomic mass is 9.95. The molecule has 1 aromatic carbocycles. The monoisotopic (exact) mass is 341 g/mol. The van der Waals surface area contributed by atoms with Gasteiger partial charge in [0.05, 0.1) is 19.1 Å². The molecule has 132 valence electrons. The number of amides is 1. The summed E-state index contributed by atoms with van der Waals surface area (Å²) in [5.41, 5.74) is 1.17. The van der Waals surface area contributed by atoms with Crippen LogP contribution in [0.3, 0.4) is 0 Å². The van der Waals surface area contributed by atoms with Crippen LogP contribution >= 0.6 is 0 Å². The van der Waals surface area contributed by atoms with Crippen molar-refractivity contribution in [2.75, 3.05) is 7.11 Å². The summed E-state index contributed by atoms with van der Waals surface area (Å²) in [7, 11) is 1.60. The van der Waals surface area contributed by atoms with E-state index in [1.807, 2.05) is 24.3 Å². The highest BCUT2D eigenvalue weighted by Gasteiger charge is 2.16. The van der Waals surface area contributed by atoms with Crippen LogP contribution < -0.4 is 15.6 Å². The van der Waals surface area contributed by atoms with E-state index in [1.54, 1.807) is 7.11 Å². The molecule has 0 spiro atoms. The fourth-order valence-corrected chi connectivity index (χ4v) is 3.14. The summed E-state index contributed by atoms with van der Waals surface area (Å²) < 4.78 is 6.46. The second-order valence-electron chi connectivity index (χ2n) is 6.37. The Hall–Kier alpha value is -2.63. The average molecular weight is 341 g/mol. The zero-order chi connectivity index (χ0) is 17.6. The van der Waals surface area contributed by atoms with Gasteiger partial charge in [-0.25, -0.2) is 4.98 Å². The molecule has 1 aliphatic rings. The maximum atomic E-state index is 12.3. The summed E-state index contributed by atoms with van der Waals surface area (Å²) in [4.78, 5) is 28.7. The largest absolute Gasteiger partial charge is 0.497 e. The summed E-state index contributed by atoms with van der Waals surface area (Å²) in [6.45, 7) is 0.00518. The van der Waals surface area contributed by atoms with Crippen molar-refractivity contribution in [1.82, 2.24) is 14.9 Å². The van der Waals surface area contributed by atoms with Gasteiger partial charge >= 0.3 is 0 Å². The van der Waals surface area contributed by atoms with Crippen LogP contribution in [0.2, 0.25) is 0 Å². The summed E-state index contributed by atoms with van der Waals surface area (Å²) in [5, 5.41) is 3.01. The van der Waals surface area contributed by atoms with Crippen molar-refractivity contribution in [1.29, 1.82) is 0 Å². The van der Waals surface area contributed by atoms with Crippen LogP contribution in [0.5, 0.6) is 5.75 Å². The molecule has 0 bridgehead atoms. The van der Waals surface area contributed by atoms with E-state index < -0.39 is 0 Å². The van der Waals surface area contributed by atoms with Crippen molar-refractivity contribution >= 4 is 5.91 Å². The van der Waals surface area contributed by atoms with E-state index in [-0.39, 0.29) is 24.1 Å². The van der Waals surface area contributed by atoms with Gasteiger partial charge in [-0.2, -0.15) is 0 Å². The van der Waals surface area contributed by atoms with Crippen molar-refractivity contribution in [3.8, 4) is 17.0 Å². The van der Waals surface area contributed by atoms with Gasteiger partial charge in [0.25, 0.3) is 5.56 Å². The summed E-state index contributed by atoms with van der Waals surface area (Å²) in [6.07, 6.45) is 7.03. The van der Waals surface area contributed by atoms with E-state index in [9.17, 15) is 9.59 Å². The molecule has 6 nitrogen and oxygen atoms in total. The third-order valence-electron chi connectivity index (χ3n) is 4.55. The molecule has 1 aromatic heterocycles. The maximum absolute atomic E-state index is 12.3. The number of hydrogen-bond donors (Lipinski definition) is 1. The van der Waals surface area contributed by atoms with Gasteiger partial charge in [-0.3, -0.25) is 14.2 Å². The Morgan fingerprint density at radius 1 is 1.24 bits per heavy atom. The number of methoxy groups -OCH3 is 1. The number of carbonyl (C=O) groups is 1. The highest BCUT2D eigenvalue weighted by atomic mass is 16.5. The quantitative estimate of drug-likeness (QED) is 0.906. The van der Waals surface area contributed by atoms with Gasteiger partial charge in [0.1, 0.15) is 12.3 Å². The molecule has 0 aliphatic heterocycles. The smallest absolute Gasteiger partial charge is 0.254 e. The van der Waals surface area contributed by atoms with E-state index in [0.29, 0.717) is 5.69 Å². The first-order valence-corrected chi connectivity index (χ1v) is 8.66. The number of hydrogen-bond acceptors (Lipinski definition) is 4. The van der Waals surface area contributed by atoms with Crippen LogP contribution in [0.1, 0.15) is 32.1 Å². The summed E-state index contributed by atoms with van der Waals surface area (Å²) in [5.74, 6) is 0.615. The second kappa shape index (κ2) is 7.96. The number of aromatic nitrogens is 2. The lowest BCUT2D eigenvalue weighted by Gasteiger charge is -2.22. The minimum atomic E-state index is -0.236. The molecule has 1 heterocycles. The SMILES string of the molecule is COc1ccc(-c2cc(=O)n(CC(=O)NC3CCCCC3)cn2)cc1. The Morgan fingerprint density at radius 3 is 2.60 bits per heavy atom. The lowest BCUT2D eigenvalue weighted by molar-refractivity contribution is -0.122. The number of nitrogens with one attached hydrogen (secondary N) is 1. The third-order valence-corrected chi connectivity index (χ3v) is 4.55. The third kappa shape index (κ3) is 4.47. The molecule has 0 radical (unpaired) electrons. The molecule has 1 aliphatic carbocycles. The number of ether oxygens (including phenoxy) is 1. The van der Waals surface area contributed by atoms with Gasteiger partial charge in [-0.1, -0.05) is 19.3 Å². The van der Waals surface area contributed by atoms with E-state index in [2.05, 4.69) is 10.3 Å². The van der Waals surface area contributed by atoms with Crippen LogP contribution in [0, 0.1) is 0 Å². The molecule has 25 heavy (non-hydrogen) atoms. The van der Waals surface area contributed by atoms with Gasteiger partial charge in [0, 0.05) is 17.7 Å². The van der Waals surface area contributed by atoms with Gasteiger partial charge in [0.15, 0.2) is 0 Å². The molecule has 0 atom stereocenters. The molecule has 1 amide bonds. The van der Waals surface area contributed by atoms with E-state index in [1.165, 1.54) is 23.4 Å². The van der Waals surface area contributed by atoms with Gasteiger partial charge in [-0.15, -0.1) is 0 Å². The fraction of sp³-hybridized carbons (Fsp3) is 0.421. The molecular weight excluding hydrogens is 318 g/mol. The minimum absolute atomic E-state index is 0.00518. The molecule has 1 fully saturated rings. The Balaban J connectivity index is 1.66. The normalized spacial score (nSPS) is 14.9. The molecular formula is C19H23N3O3. The number of carbonyl (C=O) groups excluding carboxylic acids is 1. The molecule has 0 unspecified atom stereocenters. The Labute approximate surface area is 146 Å². The van der Waals surface area contributed by atoms with E-state index >= 15 is 0 Å².